The van der Waals surface area contributed by atoms with Gasteiger partial charge < -0.3 is 13.6 Å². The molecule has 0 amide bonds. The van der Waals surface area contributed by atoms with Crippen molar-refractivity contribution in [3.05, 3.63) is 320 Å². The van der Waals surface area contributed by atoms with E-state index >= 15 is 0 Å². The average molecular weight is 1610 g/mol. The quantitative estimate of drug-likeness (QED) is 0.141. The summed E-state index contributed by atoms with van der Waals surface area (Å²) in [6, 6.07) is 85.1. The molecule has 0 saturated heterocycles. The maximum absolute atomic E-state index is 5.08. The number of nitrogens with zero attached hydrogens (tertiary/aromatic N) is 6. The third kappa shape index (κ3) is 34.2. The molecule has 7 aromatic heterocycles. The monoisotopic (exact) mass is 1610 g/mol. The van der Waals surface area contributed by atoms with Gasteiger partial charge in [0.25, 0.3) is 0 Å². The van der Waals surface area contributed by atoms with Crippen LogP contribution in [0.25, 0.3) is 97.7 Å². The van der Waals surface area contributed by atoms with Gasteiger partial charge in [-0.25, -0.2) is 9.97 Å². The normalized spacial score (nSPS) is 9.27. The van der Waals surface area contributed by atoms with Gasteiger partial charge in [0.15, 0.2) is 0 Å². The van der Waals surface area contributed by atoms with Crippen LogP contribution in [0.3, 0.4) is 0 Å². The highest BCUT2D eigenvalue weighted by Crippen LogP contribution is 2.31. The highest BCUT2D eigenvalue weighted by molar-refractivity contribution is 7.11. The third-order valence-electron chi connectivity index (χ3n) is 17.1. The smallest absolute Gasteiger partial charge is 0.126 e. The van der Waals surface area contributed by atoms with Gasteiger partial charge in [0.2, 0.25) is 0 Å². The number of rotatable bonds is 0. The SMILES string of the molecule is CC.CC.CC.CC.CC.CC.CC.CC.CC.CC.CC.Cc1cc(C)c2ccccc2n1.Cc1cc2ccccc2c(C)n1.Cc1ccc(C)o1.Cc1ccc(C)s1.Cc1ccc2c(c1)c1ccccc1n2C.Cc1ccc2c(ccc3cc(C)ccc32)c1.Cc1ccc2c3ccccc3n(C)c2c1.Cc1nc(C)c2ccccc2n1. The summed E-state index contributed by atoms with van der Waals surface area (Å²) in [6.45, 7) is 72.8. The minimum atomic E-state index is 0.839. The van der Waals surface area contributed by atoms with Gasteiger partial charge in [0, 0.05) is 106 Å². The molecule has 0 aliphatic rings. The van der Waals surface area contributed by atoms with E-state index < -0.39 is 0 Å². The summed E-state index contributed by atoms with van der Waals surface area (Å²) in [5.41, 5.74) is 18.3. The fraction of sp³-hybridized carbons (Fsp3) is 0.345. The number of benzene rings is 10. The lowest BCUT2D eigenvalue weighted by Crippen LogP contribution is -1.92. The molecule has 0 atom stereocenters. The Bertz CT molecular complexity index is 5190. The van der Waals surface area contributed by atoms with E-state index in [2.05, 4.69) is 287 Å². The largest absolute Gasteiger partial charge is 0.467 e. The molecule has 118 heavy (non-hydrogen) atoms. The first-order valence-corrected chi connectivity index (χ1v) is 44.7. The van der Waals surface area contributed by atoms with Crippen molar-refractivity contribution < 1.29 is 4.42 Å². The molecule has 17 aromatic rings. The fourth-order valence-electron chi connectivity index (χ4n) is 12.4. The molecule has 8 heteroatoms. The van der Waals surface area contributed by atoms with Crippen molar-refractivity contribution >= 4 is 109 Å². The zero-order valence-electron chi connectivity index (χ0n) is 80.6. The van der Waals surface area contributed by atoms with E-state index in [1.165, 1.54) is 119 Å². The summed E-state index contributed by atoms with van der Waals surface area (Å²) in [5, 5.41) is 15.7. The van der Waals surface area contributed by atoms with Crippen LogP contribution >= 0.6 is 11.3 Å². The van der Waals surface area contributed by atoms with Crippen LogP contribution in [0.2, 0.25) is 0 Å². The second-order valence-corrected chi connectivity index (χ2v) is 26.6. The van der Waals surface area contributed by atoms with Gasteiger partial charge >= 0.3 is 0 Å². The highest BCUT2D eigenvalue weighted by Gasteiger charge is 2.09. The van der Waals surface area contributed by atoms with Crippen LogP contribution < -0.4 is 0 Å². The van der Waals surface area contributed by atoms with Gasteiger partial charge in [0.1, 0.15) is 17.3 Å². The maximum Gasteiger partial charge on any atom is 0.126 e. The Morgan fingerprint density at radius 1 is 0.237 bits per heavy atom. The number of fused-ring (bicyclic) bond motifs is 12. The van der Waals surface area contributed by atoms with Gasteiger partial charge in [-0.1, -0.05) is 333 Å². The minimum Gasteiger partial charge on any atom is -0.467 e. The molecule has 0 fully saturated rings. The molecule has 17 rings (SSSR count). The van der Waals surface area contributed by atoms with E-state index in [9.17, 15) is 0 Å². The fourth-order valence-corrected chi connectivity index (χ4v) is 13.2. The molecule has 0 N–H and O–H groups in total. The van der Waals surface area contributed by atoms with Crippen LogP contribution in [0.5, 0.6) is 0 Å². The molecular formula is C110H154N6OS. The zero-order chi connectivity index (χ0) is 90.2. The summed E-state index contributed by atoms with van der Waals surface area (Å²) >= 11 is 1.84. The predicted molar refractivity (Wildman–Crippen MR) is 540 cm³/mol. The number of thiophene rings is 1. The molecule has 7 nitrogen and oxygen atoms in total. The molecule has 0 unspecified atom stereocenters. The van der Waals surface area contributed by atoms with Crippen molar-refractivity contribution in [3.8, 4) is 0 Å². The molecule has 0 aliphatic heterocycles. The first kappa shape index (κ1) is 110. The molecular weight excluding hydrogens is 1450 g/mol. The van der Waals surface area contributed by atoms with E-state index in [-0.39, 0.29) is 0 Å². The van der Waals surface area contributed by atoms with Crippen molar-refractivity contribution in [2.45, 2.75) is 249 Å². The standard InChI is InChI=1S/C16H14.2C14H13N.2C11H11N.C10H10N2.C6H8O.C6H8S.11C2H6/c1-11-3-7-15-13(9-11)5-6-14-10-12(2)4-8-16(14)15;1-10-7-8-14-12(9-10)11-5-3-4-6-13(11)15(14)2;1-10-7-8-12-11-5-3-4-6-13(11)15(2)14(12)9-10;1-8-7-10-5-3-4-6-11(10)9(2)12-8;1-8-7-9(2)12-11-6-4-3-5-10(8)11;1-7-9-5-3-4-6-10(9)12-8(2)11-7;2*1-5-3-4-6(2)7-5;11*1-2/h3-10H,1-2H3;2*3-9H,1-2H3;2*3-7H,1-2H3;3-6H,1-2H3;2*3-4H,1-2H3;11*1-2H3. The molecule has 0 spiro atoms. The van der Waals surface area contributed by atoms with Crippen LogP contribution in [0.4, 0.5) is 0 Å². The topological polar surface area (TPSA) is 74.6 Å². The summed E-state index contributed by atoms with van der Waals surface area (Å²) in [7, 11) is 4.25. The lowest BCUT2D eigenvalue weighted by molar-refractivity contribution is 0.504. The van der Waals surface area contributed by atoms with Crippen LogP contribution in [0.1, 0.15) is 230 Å². The van der Waals surface area contributed by atoms with Crippen molar-refractivity contribution in [3.63, 3.8) is 0 Å². The number of aryl methyl sites for hydroxylation is 16. The van der Waals surface area contributed by atoms with Crippen LogP contribution in [-0.2, 0) is 14.1 Å². The highest BCUT2D eigenvalue weighted by atomic mass is 32.1. The lowest BCUT2D eigenvalue weighted by Gasteiger charge is -2.05. The first-order chi connectivity index (χ1) is 57.2. The summed E-state index contributed by atoms with van der Waals surface area (Å²) < 4.78 is 9.60. The molecule has 0 aliphatic carbocycles. The van der Waals surface area contributed by atoms with Crippen LogP contribution in [0, 0.1) is 96.9 Å². The van der Waals surface area contributed by atoms with E-state index in [0.29, 0.717) is 0 Å². The van der Waals surface area contributed by atoms with Crippen molar-refractivity contribution in [2.24, 2.45) is 14.1 Å². The van der Waals surface area contributed by atoms with Crippen molar-refractivity contribution in [1.82, 2.24) is 29.1 Å². The Kier molecular flexibility index (Phi) is 58.2. The number of pyridine rings is 2. The molecule has 7 heterocycles. The second-order valence-electron chi connectivity index (χ2n) is 25.1. The molecule has 0 bridgehead atoms. The Hall–Kier alpha value is -10.5. The summed E-state index contributed by atoms with van der Waals surface area (Å²) in [4.78, 5) is 20.3. The molecule has 0 radical (unpaired) electrons. The number of hydrogen-bond acceptors (Lipinski definition) is 6. The van der Waals surface area contributed by atoms with Crippen LogP contribution in [0.15, 0.2) is 247 Å². The van der Waals surface area contributed by atoms with Crippen LogP contribution in [-0.4, -0.2) is 29.1 Å². The van der Waals surface area contributed by atoms with Gasteiger partial charge in [-0.05, 0) is 214 Å². The molecule has 10 aromatic carbocycles. The number of aromatic nitrogens is 6. The first-order valence-electron chi connectivity index (χ1n) is 43.9. The Labute approximate surface area is 721 Å². The number of para-hydroxylation sites is 4. The van der Waals surface area contributed by atoms with E-state index in [0.717, 1.165) is 56.5 Å². The average Bonchev–Trinajstić information content (AvgIpc) is 1.61. The van der Waals surface area contributed by atoms with Gasteiger partial charge in [-0.3, -0.25) is 9.97 Å². The summed E-state index contributed by atoms with van der Waals surface area (Å²) in [6.07, 6.45) is 0. The zero-order valence-corrected chi connectivity index (χ0v) is 81.4. The Morgan fingerprint density at radius 2 is 0.576 bits per heavy atom. The van der Waals surface area contributed by atoms with E-state index in [4.69, 9.17) is 4.42 Å². The van der Waals surface area contributed by atoms with Gasteiger partial charge in [-0.2, -0.15) is 0 Å². The van der Waals surface area contributed by atoms with E-state index in [1.807, 2.05) is 260 Å². The second kappa shape index (κ2) is 62.7. The number of furan rings is 1. The van der Waals surface area contributed by atoms with E-state index in [1.54, 1.807) is 0 Å². The lowest BCUT2D eigenvalue weighted by atomic mass is 9.99. The summed E-state index contributed by atoms with van der Waals surface area (Å²) in [5.74, 6) is 2.81. The molecule has 636 valence electrons. The van der Waals surface area contributed by atoms with Crippen molar-refractivity contribution in [1.29, 1.82) is 0 Å². The van der Waals surface area contributed by atoms with Crippen molar-refractivity contribution in [2.75, 3.05) is 0 Å². The van der Waals surface area contributed by atoms with Gasteiger partial charge in [0.05, 0.1) is 11.0 Å². The maximum atomic E-state index is 5.08. The Morgan fingerprint density at radius 3 is 1.03 bits per heavy atom. The third-order valence-corrected chi connectivity index (χ3v) is 18.0. The predicted octanol–water partition coefficient (Wildman–Crippen LogP) is 35.4. The number of hydrogen-bond donors (Lipinski definition) is 0. The molecule has 0 saturated carbocycles. The Balaban J connectivity index is 0. The van der Waals surface area contributed by atoms with Gasteiger partial charge in [-0.15, -0.1) is 11.3 Å². The minimum absolute atomic E-state index is 0.839.